The van der Waals surface area contributed by atoms with Crippen LogP contribution in [0.15, 0.2) is 12.3 Å². The van der Waals surface area contributed by atoms with Gasteiger partial charge in [-0.1, -0.05) is 19.3 Å². The molecule has 1 amide bonds. The molecule has 6 heteroatoms. The summed E-state index contributed by atoms with van der Waals surface area (Å²) in [6, 6.07) is 1.92. The van der Waals surface area contributed by atoms with E-state index in [2.05, 4.69) is 15.4 Å². The summed E-state index contributed by atoms with van der Waals surface area (Å²) in [5, 5.41) is 8.37. The normalized spacial score (nSPS) is 17.3. The minimum atomic E-state index is -0.0938. The smallest absolute Gasteiger partial charge is 0.253 e. The van der Waals surface area contributed by atoms with E-state index in [1.807, 2.05) is 20.0 Å². The summed E-state index contributed by atoms with van der Waals surface area (Å²) >= 11 is 0. The summed E-state index contributed by atoms with van der Waals surface area (Å²) in [6.07, 6.45) is 7.69. The van der Waals surface area contributed by atoms with Crippen LogP contribution in [0, 0.1) is 12.8 Å². The molecule has 2 aromatic rings. The largest absolute Gasteiger partial charge is 0.348 e. The summed E-state index contributed by atoms with van der Waals surface area (Å²) < 4.78 is 1.73. The first-order valence-electron chi connectivity index (χ1n) is 8.40. The topological polar surface area (TPSA) is 85.8 Å². The van der Waals surface area contributed by atoms with Crippen molar-refractivity contribution in [2.45, 2.75) is 45.1 Å². The number of fused-ring (bicyclic) bond motifs is 1. The first-order valence-corrected chi connectivity index (χ1v) is 8.40. The van der Waals surface area contributed by atoms with Crippen molar-refractivity contribution in [2.75, 3.05) is 6.54 Å². The lowest BCUT2D eigenvalue weighted by atomic mass is 9.84. The van der Waals surface area contributed by atoms with Crippen LogP contribution in [0.5, 0.6) is 0 Å². The number of aromatic nitrogens is 3. The van der Waals surface area contributed by atoms with Gasteiger partial charge in [-0.25, -0.2) is 4.98 Å². The molecule has 1 aliphatic rings. The highest BCUT2D eigenvalue weighted by Gasteiger charge is 2.24. The minimum Gasteiger partial charge on any atom is -0.348 e. The Hall–Kier alpha value is -1.95. The molecule has 1 fully saturated rings. The summed E-state index contributed by atoms with van der Waals surface area (Å²) in [5.74, 6) is 0.401. The number of hydrogen-bond acceptors (Lipinski definition) is 4. The van der Waals surface area contributed by atoms with Crippen LogP contribution in [0.4, 0.5) is 0 Å². The van der Waals surface area contributed by atoms with Crippen LogP contribution < -0.4 is 11.1 Å². The maximum absolute atomic E-state index is 12.6. The van der Waals surface area contributed by atoms with E-state index in [1.165, 1.54) is 19.3 Å². The highest BCUT2D eigenvalue weighted by Crippen LogP contribution is 2.26. The molecule has 0 radical (unpaired) electrons. The third-order valence-electron chi connectivity index (χ3n) is 4.91. The summed E-state index contributed by atoms with van der Waals surface area (Å²) in [4.78, 5) is 17.0. The molecule has 1 saturated carbocycles. The zero-order chi connectivity index (χ0) is 16.4. The summed E-state index contributed by atoms with van der Waals surface area (Å²) in [7, 11) is 1.86. The maximum Gasteiger partial charge on any atom is 0.253 e. The van der Waals surface area contributed by atoms with Crippen molar-refractivity contribution in [2.24, 2.45) is 18.7 Å². The molecule has 0 saturated heterocycles. The van der Waals surface area contributed by atoms with Crippen molar-refractivity contribution in [3.05, 3.63) is 23.5 Å². The van der Waals surface area contributed by atoms with Gasteiger partial charge in [-0.2, -0.15) is 5.10 Å². The molecule has 3 N–H and O–H groups in total. The predicted molar refractivity (Wildman–Crippen MR) is 90.1 cm³/mol. The van der Waals surface area contributed by atoms with E-state index < -0.39 is 0 Å². The number of nitrogens with two attached hydrogens (primary N) is 1. The molecule has 2 heterocycles. The lowest BCUT2D eigenvalue weighted by Gasteiger charge is -2.30. The second kappa shape index (κ2) is 6.66. The molecule has 1 atom stereocenters. The number of rotatable bonds is 4. The molecule has 2 aromatic heterocycles. The minimum absolute atomic E-state index is 0.0495. The number of pyridine rings is 1. The fourth-order valence-corrected chi connectivity index (χ4v) is 3.59. The molecule has 23 heavy (non-hydrogen) atoms. The van der Waals surface area contributed by atoms with E-state index in [-0.39, 0.29) is 11.9 Å². The molecular weight excluding hydrogens is 290 g/mol. The van der Waals surface area contributed by atoms with Crippen molar-refractivity contribution in [3.8, 4) is 0 Å². The van der Waals surface area contributed by atoms with Crippen LogP contribution in [-0.4, -0.2) is 33.3 Å². The van der Waals surface area contributed by atoms with Gasteiger partial charge in [0.25, 0.3) is 5.91 Å². The maximum atomic E-state index is 12.6. The van der Waals surface area contributed by atoms with Gasteiger partial charge in [-0.05, 0) is 31.7 Å². The second-order valence-electron chi connectivity index (χ2n) is 6.52. The standard InChI is InChI=1S/C17H25N5O/c1-11-14-8-13(10-19-16(14)22(2)21-11)17(23)20-15(9-18)12-6-4-3-5-7-12/h8,10,12,15H,3-7,9,18H2,1-2H3,(H,20,23). The monoisotopic (exact) mass is 315 g/mol. The molecule has 0 aromatic carbocycles. The van der Waals surface area contributed by atoms with E-state index >= 15 is 0 Å². The average molecular weight is 315 g/mol. The van der Waals surface area contributed by atoms with Crippen LogP contribution in [0.1, 0.15) is 48.2 Å². The molecule has 6 nitrogen and oxygen atoms in total. The van der Waals surface area contributed by atoms with E-state index in [9.17, 15) is 4.79 Å². The van der Waals surface area contributed by atoms with Gasteiger partial charge in [0.15, 0.2) is 5.65 Å². The van der Waals surface area contributed by atoms with Crippen molar-refractivity contribution < 1.29 is 4.79 Å². The van der Waals surface area contributed by atoms with Gasteiger partial charge in [0.05, 0.1) is 11.3 Å². The molecule has 3 rings (SSSR count). The summed E-state index contributed by atoms with van der Waals surface area (Å²) in [5.41, 5.74) is 8.15. The van der Waals surface area contributed by atoms with Gasteiger partial charge in [0, 0.05) is 31.2 Å². The van der Waals surface area contributed by atoms with Gasteiger partial charge in [-0.15, -0.1) is 0 Å². The van der Waals surface area contributed by atoms with Crippen LogP contribution in [0.3, 0.4) is 0 Å². The fourth-order valence-electron chi connectivity index (χ4n) is 3.59. The zero-order valence-electron chi connectivity index (χ0n) is 13.9. The predicted octanol–water partition coefficient (Wildman–Crippen LogP) is 1.91. The van der Waals surface area contributed by atoms with Crippen molar-refractivity contribution in [1.29, 1.82) is 0 Å². The van der Waals surface area contributed by atoms with Crippen molar-refractivity contribution in [1.82, 2.24) is 20.1 Å². The average Bonchev–Trinajstić information content (AvgIpc) is 2.87. The number of nitrogens with one attached hydrogen (secondary N) is 1. The first kappa shape index (κ1) is 15.9. The number of hydrogen-bond donors (Lipinski definition) is 2. The molecule has 1 unspecified atom stereocenters. The Balaban J connectivity index is 1.77. The molecule has 124 valence electrons. The molecular formula is C17H25N5O. The van der Waals surface area contributed by atoms with E-state index in [0.717, 1.165) is 29.6 Å². The summed E-state index contributed by atoms with van der Waals surface area (Å²) in [6.45, 7) is 2.41. The Labute approximate surface area is 136 Å². The Morgan fingerprint density at radius 3 is 2.87 bits per heavy atom. The number of nitrogens with zero attached hydrogens (tertiary/aromatic N) is 3. The van der Waals surface area contributed by atoms with Gasteiger partial charge >= 0.3 is 0 Å². The highest BCUT2D eigenvalue weighted by atomic mass is 16.1. The Bertz CT molecular complexity index is 702. The molecule has 1 aliphatic carbocycles. The van der Waals surface area contributed by atoms with Gasteiger partial charge < -0.3 is 11.1 Å². The fraction of sp³-hybridized carbons (Fsp3) is 0.588. The van der Waals surface area contributed by atoms with Crippen LogP contribution in [0.25, 0.3) is 11.0 Å². The lowest BCUT2D eigenvalue weighted by Crippen LogP contribution is -2.45. The SMILES string of the molecule is Cc1nn(C)c2ncc(C(=O)NC(CN)C3CCCCC3)cc12. The van der Waals surface area contributed by atoms with Crippen molar-refractivity contribution in [3.63, 3.8) is 0 Å². The first-order chi connectivity index (χ1) is 11.1. The lowest BCUT2D eigenvalue weighted by molar-refractivity contribution is 0.0915. The van der Waals surface area contributed by atoms with Crippen LogP contribution in [0.2, 0.25) is 0 Å². The molecule has 0 aliphatic heterocycles. The van der Waals surface area contributed by atoms with Gasteiger partial charge in [0.2, 0.25) is 0 Å². The highest BCUT2D eigenvalue weighted by molar-refractivity contribution is 5.97. The van der Waals surface area contributed by atoms with Gasteiger partial charge in [0.1, 0.15) is 0 Å². The number of carbonyl (C=O) groups excluding carboxylic acids is 1. The molecule has 0 bridgehead atoms. The van der Waals surface area contributed by atoms with Gasteiger partial charge in [-0.3, -0.25) is 9.48 Å². The van der Waals surface area contributed by atoms with Crippen LogP contribution >= 0.6 is 0 Å². The van der Waals surface area contributed by atoms with E-state index in [0.29, 0.717) is 18.0 Å². The molecule has 0 spiro atoms. The Morgan fingerprint density at radius 2 is 2.17 bits per heavy atom. The third-order valence-corrected chi connectivity index (χ3v) is 4.91. The van der Waals surface area contributed by atoms with E-state index in [1.54, 1.807) is 10.9 Å². The second-order valence-corrected chi connectivity index (χ2v) is 6.52. The quantitative estimate of drug-likeness (QED) is 0.902. The number of amides is 1. The van der Waals surface area contributed by atoms with Crippen molar-refractivity contribution >= 4 is 16.9 Å². The number of carbonyl (C=O) groups is 1. The number of aryl methyl sites for hydroxylation is 2. The Kier molecular flexibility index (Phi) is 4.61. The van der Waals surface area contributed by atoms with Crippen LogP contribution in [-0.2, 0) is 7.05 Å². The third kappa shape index (κ3) is 3.22. The Morgan fingerprint density at radius 1 is 1.43 bits per heavy atom. The van der Waals surface area contributed by atoms with E-state index in [4.69, 9.17) is 5.73 Å². The zero-order valence-corrected chi connectivity index (χ0v) is 13.9.